The molecule has 1 atom stereocenters. The Labute approximate surface area is 102 Å². The number of hydrogen-bond acceptors (Lipinski definition) is 3. The van der Waals surface area contributed by atoms with Gasteiger partial charge in [-0.1, -0.05) is 17.7 Å². The van der Waals surface area contributed by atoms with Crippen molar-refractivity contribution in [1.82, 2.24) is 10.3 Å². The van der Waals surface area contributed by atoms with Gasteiger partial charge < -0.3 is 9.73 Å². The minimum atomic E-state index is 0.397. The number of aromatic nitrogens is 1. The van der Waals surface area contributed by atoms with Crippen LogP contribution in [0.15, 0.2) is 34.9 Å². The maximum Gasteiger partial charge on any atom is 0.226 e. The first-order valence-electron chi connectivity index (χ1n) is 5.88. The second kappa shape index (κ2) is 5.15. The van der Waals surface area contributed by atoms with Gasteiger partial charge in [0.2, 0.25) is 5.89 Å². The summed E-state index contributed by atoms with van der Waals surface area (Å²) < 4.78 is 5.75. The molecule has 0 bridgehead atoms. The predicted octanol–water partition coefficient (Wildman–Crippen LogP) is 2.80. The highest BCUT2D eigenvalue weighted by molar-refractivity contribution is 5.54. The van der Waals surface area contributed by atoms with Crippen molar-refractivity contribution in [2.75, 3.05) is 7.05 Å². The summed E-state index contributed by atoms with van der Waals surface area (Å²) >= 11 is 0. The third-order valence-electron chi connectivity index (χ3n) is 2.82. The second-order valence-electron chi connectivity index (χ2n) is 4.40. The fourth-order valence-corrected chi connectivity index (χ4v) is 1.72. The van der Waals surface area contributed by atoms with Crippen LogP contribution in [0.2, 0.25) is 0 Å². The van der Waals surface area contributed by atoms with Gasteiger partial charge in [-0.15, -0.1) is 0 Å². The number of nitrogens with zero attached hydrogens (tertiary/aromatic N) is 1. The molecule has 0 saturated carbocycles. The molecule has 1 unspecified atom stereocenters. The molecule has 0 spiro atoms. The second-order valence-corrected chi connectivity index (χ2v) is 4.40. The molecule has 1 N–H and O–H groups in total. The van der Waals surface area contributed by atoms with Crippen LogP contribution in [0.3, 0.4) is 0 Å². The molecule has 17 heavy (non-hydrogen) atoms. The van der Waals surface area contributed by atoms with Gasteiger partial charge in [-0.25, -0.2) is 4.98 Å². The molecule has 0 aliphatic heterocycles. The van der Waals surface area contributed by atoms with Crippen LogP contribution in [-0.2, 0) is 6.42 Å². The Kier molecular flexibility index (Phi) is 3.59. The van der Waals surface area contributed by atoms with E-state index in [9.17, 15) is 0 Å². The van der Waals surface area contributed by atoms with Gasteiger partial charge in [-0.05, 0) is 33.0 Å². The summed E-state index contributed by atoms with van der Waals surface area (Å²) in [4.78, 5) is 4.32. The lowest BCUT2D eigenvalue weighted by molar-refractivity contribution is 0.479. The Morgan fingerprint density at radius 2 is 2.24 bits per heavy atom. The molecule has 0 aliphatic carbocycles. The summed E-state index contributed by atoms with van der Waals surface area (Å²) in [7, 11) is 1.95. The van der Waals surface area contributed by atoms with Crippen LogP contribution in [-0.4, -0.2) is 18.1 Å². The van der Waals surface area contributed by atoms with Crippen molar-refractivity contribution >= 4 is 0 Å². The van der Waals surface area contributed by atoms with Crippen molar-refractivity contribution in [3.8, 4) is 11.5 Å². The summed E-state index contributed by atoms with van der Waals surface area (Å²) in [5.74, 6) is 1.62. The van der Waals surface area contributed by atoms with E-state index in [1.807, 2.05) is 25.4 Å². The number of oxazole rings is 1. The molecule has 90 valence electrons. The highest BCUT2D eigenvalue weighted by Crippen LogP contribution is 2.20. The van der Waals surface area contributed by atoms with Crippen molar-refractivity contribution in [3.05, 3.63) is 41.8 Å². The van der Waals surface area contributed by atoms with Crippen LogP contribution >= 0.6 is 0 Å². The number of nitrogens with one attached hydrogen (secondary N) is 1. The topological polar surface area (TPSA) is 38.1 Å². The molecule has 1 heterocycles. The maximum absolute atomic E-state index is 5.75. The molecule has 0 amide bonds. The lowest BCUT2D eigenvalue weighted by Crippen LogP contribution is -2.23. The molecule has 0 fully saturated rings. The van der Waals surface area contributed by atoms with Crippen LogP contribution in [0, 0.1) is 6.92 Å². The highest BCUT2D eigenvalue weighted by atomic mass is 16.4. The minimum Gasteiger partial charge on any atom is -0.441 e. The first-order valence-corrected chi connectivity index (χ1v) is 5.88. The Bertz CT molecular complexity index is 490. The van der Waals surface area contributed by atoms with E-state index in [1.165, 1.54) is 5.56 Å². The van der Waals surface area contributed by atoms with Gasteiger partial charge in [0.25, 0.3) is 0 Å². The van der Waals surface area contributed by atoms with Crippen molar-refractivity contribution in [1.29, 1.82) is 0 Å². The Balaban J connectivity index is 2.18. The van der Waals surface area contributed by atoms with Gasteiger partial charge in [-0.3, -0.25) is 0 Å². The Morgan fingerprint density at radius 3 is 2.94 bits per heavy atom. The van der Waals surface area contributed by atoms with Crippen molar-refractivity contribution in [2.45, 2.75) is 26.3 Å². The molecular formula is C14H18N2O. The summed E-state index contributed by atoms with van der Waals surface area (Å²) in [5.41, 5.74) is 2.25. The number of likely N-dealkylation sites (N-methyl/N-ethyl adjacent to an activating group) is 1. The lowest BCUT2D eigenvalue weighted by atomic mass is 10.1. The largest absolute Gasteiger partial charge is 0.441 e. The van der Waals surface area contributed by atoms with Crippen LogP contribution in [0.5, 0.6) is 0 Å². The van der Waals surface area contributed by atoms with E-state index in [1.54, 1.807) is 0 Å². The molecule has 0 saturated heterocycles. The van der Waals surface area contributed by atoms with Crippen LogP contribution < -0.4 is 5.32 Å². The normalized spacial score (nSPS) is 12.6. The van der Waals surface area contributed by atoms with E-state index >= 15 is 0 Å². The smallest absolute Gasteiger partial charge is 0.226 e. The van der Waals surface area contributed by atoms with Gasteiger partial charge in [-0.2, -0.15) is 0 Å². The van der Waals surface area contributed by atoms with Crippen molar-refractivity contribution in [3.63, 3.8) is 0 Å². The van der Waals surface area contributed by atoms with Gasteiger partial charge in [0, 0.05) is 18.0 Å². The van der Waals surface area contributed by atoms with Crippen LogP contribution in [0.25, 0.3) is 11.5 Å². The standard InChI is InChI=1S/C14H18N2O/c1-10-5-4-6-12(7-10)14-16-9-13(17-14)8-11(2)15-3/h4-7,9,11,15H,8H2,1-3H3. The molecule has 1 aromatic carbocycles. The van der Waals surface area contributed by atoms with Gasteiger partial charge >= 0.3 is 0 Å². The quantitative estimate of drug-likeness (QED) is 0.877. The SMILES string of the molecule is CNC(C)Cc1cnc(-c2cccc(C)c2)o1. The third-order valence-corrected chi connectivity index (χ3v) is 2.82. The van der Waals surface area contributed by atoms with E-state index in [-0.39, 0.29) is 0 Å². The van der Waals surface area contributed by atoms with Gasteiger partial charge in [0.15, 0.2) is 0 Å². The maximum atomic E-state index is 5.75. The van der Waals surface area contributed by atoms with Crippen molar-refractivity contribution < 1.29 is 4.42 Å². The van der Waals surface area contributed by atoms with E-state index in [0.717, 1.165) is 17.7 Å². The van der Waals surface area contributed by atoms with E-state index in [2.05, 4.69) is 36.3 Å². The molecule has 1 aromatic heterocycles. The molecule has 2 aromatic rings. The lowest BCUT2D eigenvalue weighted by Gasteiger charge is -2.06. The van der Waals surface area contributed by atoms with E-state index in [4.69, 9.17) is 4.42 Å². The van der Waals surface area contributed by atoms with Gasteiger partial charge in [0.05, 0.1) is 6.20 Å². The van der Waals surface area contributed by atoms with Crippen LogP contribution in [0.1, 0.15) is 18.2 Å². The monoisotopic (exact) mass is 230 g/mol. The highest BCUT2D eigenvalue weighted by Gasteiger charge is 2.09. The van der Waals surface area contributed by atoms with E-state index in [0.29, 0.717) is 11.9 Å². The zero-order valence-electron chi connectivity index (χ0n) is 10.5. The average Bonchev–Trinajstić information content (AvgIpc) is 2.77. The molecule has 0 aliphatic rings. The summed E-state index contributed by atoms with van der Waals surface area (Å²) in [6.45, 7) is 4.19. The first kappa shape index (κ1) is 11.9. The molecule has 0 radical (unpaired) electrons. The van der Waals surface area contributed by atoms with Crippen LogP contribution in [0.4, 0.5) is 0 Å². The zero-order valence-corrected chi connectivity index (χ0v) is 10.5. The fraction of sp³-hybridized carbons (Fsp3) is 0.357. The summed E-state index contributed by atoms with van der Waals surface area (Å²) in [5, 5.41) is 3.18. The molecule has 3 nitrogen and oxygen atoms in total. The number of aryl methyl sites for hydroxylation is 1. The molecule has 3 heteroatoms. The summed E-state index contributed by atoms with van der Waals surface area (Å²) in [6, 6.07) is 8.58. The van der Waals surface area contributed by atoms with E-state index < -0.39 is 0 Å². The zero-order chi connectivity index (χ0) is 12.3. The van der Waals surface area contributed by atoms with Gasteiger partial charge in [0.1, 0.15) is 5.76 Å². The Hall–Kier alpha value is -1.61. The molecular weight excluding hydrogens is 212 g/mol. The van der Waals surface area contributed by atoms with Crippen molar-refractivity contribution in [2.24, 2.45) is 0 Å². The minimum absolute atomic E-state index is 0.397. The predicted molar refractivity (Wildman–Crippen MR) is 68.9 cm³/mol. The Morgan fingerprint density at radius 1 is 1.41 bits per heavy atom. The summed E-state index contributed by atoms with van der Waals surface area (Å²) in [6.07, 6.45) is 2.67. The first-order chi connectivity index (χ1) is 8.19. The third kappa shape index (κ3) is 2.94. The molecule has 2 rings (SSSR count). The number of rotatable bonds is 4. The number of hydrogen-bond donors (Lipinski definition) is 1. The average molecular weight is 230 g/mol. The fourth-order valence-electron chi connectivity index (χ4n) is 1.72. The number of benzene rings is 1.